The number of hydrogen-bond acceptors (Lipinski definition) is 5. The van der Waals surface area contributed by atoms with Crippen LogP contribution in [0.4, 0.5) is 0 Å². The highest BCUT2D eigenvalue weighted by atomic mass is 35.5. The molecule has 1 aromatic heterocycles. The van der Waals surface area contributed by atoms with Crippen LogP contribution in [0, 0.1) is 0 Å². The molecule has 3 aromatic rings. The van der Waals surface area contributed by atoms with Gasteiger partial charge in [0.25, 0.3) is 0 Å². The van der Waals surface area contributed by atoms with Crippen molar-refractivity contribution in [2.75, 3.05) is 0 Å². The molecular formula is C23H29ClN4O2S. The molecule has 0 amide bonds. The van der Waals surface area contributed by atoms with Gasteiger partial charge >= 0.3 is 0 Å². The van der Waals surface area contributed by atoms with Crippen LogP contribution in [0.25, 0.3) is 0 Å². The molecule has 0 radical (unpaired) electrons. The zero-order chi connectivity index (χ0) is 22.8. The molecule has 2 aromatic carbocycles. The van der Waals surface area contributed by atoms with E-state index in [1.165, 1.54) is 0 Å². The van der Waals surface area contributed by atoms with Gasteiger partial charge in [-0.05, 0) is 47.6 Å². The Balaban J connectivity index is 1.83. The molecule has 0 saturated carbocycles. The van der Waals surface area contributed by atoms with Crippen LogP contribution in [-0.2, 0) is 34.0 Å². The molecule has 0 aliphatic heterocycles. The Hall–Kier alpha value is -2.22. The van der Waals surface area contributed by atoms with Gasteiger partial charge < -0.3 is 10.3 Å². The van der Waals surface area contributed by atoms with Crippen molar-refractivity contribution in [2.45, 2.75) is 63.0 Å². The Kier molecular flexibility index (Phi) is 6.88. The van der Waals surface area contributed by atoms with Crippen molar-refractivity contribution < 1.29 is 8.42 Å². The molecule has 0 spiro atoms. The molecule has 1 unspecified atom stereocenters. The highest BCUT2D eigenvalue weighted by Crippen LogP contribution is 2.25. The topological polar surface area (TPSA) is 90.9 Å². The van der Waals surface area contributed by atoms with Gasteiger partial charge in [0.15, 0.2) is 5.82 Å². The van der Waals surface area contributed by atoms with Crippen LogP contribution in [0.2, 0.25) is 5.02 Å². The van der Waals surface area contributed by atoms with Gasteiger partial charge in [-0.25, -0.2) is 8.42 Å². The van der Waals surface area contributed by atoms with E-state index in [1.54, 1.807) is 16.7 Å². The van der Waals surface area contributed by atoms with Crippen molar-refractivity contribution in [3.8, 4) is 0 Å². The van der Waals surface area contributed by atoms with Crippen molar-refractivity contribution in [1.29, 1.82) is 0 Å². The molecule has 166 valence electrons. The Morgan fingerprint density at radius 3 is 2.13 bits per heavy atom. The zero-order valence-electron chi connectivity index (χ0n) is 18.3. The summed E-state index contributed by atoms with van der Waals surface area (Å²) in [5, 5.41) is 8.76. The lowest BCUT2D eigenvalue weighted by atomic mass is 9.87. The summed E-state index contributed by atoms with van der Waals surface area (Å²) < 4.78 is 27.8. The second-order valence-electron chi connectivity index (χ2n) is 8.73. The summed E-state index contributed by atoms with van der Waals surface area (Å²) in [6.07, 6.45) is 0.504. The van der Waals surface area contributed by atoms with E-state index in [2.05, 4.69) is 31.0 Å². The maximum absolute atomic E-state index is 13.1. The normalized spacial score (nSPS) is 13.4. The third-order valence-corrected chi connectivity index (χ3v) is 7.04. The van der Waals surface area contributed by atoms with Crippen LogP contribution in [0.3, 0.4) is 0 Å². The Labute approximate surface area is 189 Å². The maximum Gasteiger partial charge on any atom is 0.250 e. The largest absolute Gasteiger partial charge is 0.321 e. The van der Waals surface area contributed by atoms with Gasteiger partial charge in [0.1, 0.15) is 0 Å². The van der Waals surface area contributed by atoms with Gasteiger partial charge in [0.2, 0.25) is 15.0 Å². The van der Waals surface area contributed by atoms with E-state index in [-0.39, 0.29) is 16.3 Å². The van der Waals surface area contributed by atoms with Gasteiger partial charge in [-0.1, -0.05) is 68.8 Å². The molecule has 2 N–H and O–H groups in total. The average Bonchev–Trinajstić information content (AvgIpc) is 3.14. The summed E-state index contributed by atoms with van der Waals surface area (Å²) in [5.74, 6) is 0.321. The molecule has 0 fully saturated rings. The highest BCUT2D eigenvalue weighted by Gasteiger charge is 2.27. The summed E-state index contributed by atoms with van der Waals surface area (Å²) in [5.41, 5.74) is 9.22. The highest BCUT2D eigenvalue weighted by molar-refractivity contribution is 7.90. The fraction of sp³-hybridized carbons (Fsp3) is 0.391. The Bertz CT molecular complexity index is 1130. The zero-order valence-corrected chi connectivity index (χ0v) is 19.9. The Morgan fingerprint density at radius 2 is 1.58 bits per heavy atom. The molecule has 0 bridgehead atoms. The minimum absolute atomic E-state index is 0.00885. The SMILES string of the molecule is CCn1c(C(N)Cc2ccc(Cl)cc2)nnc1S(=O)(=O)Cc1ccc(C(C)(C)C)cc1. The van der Waals surface area contributed by atoms with E-state index in [9.17, 15) is 8.42 Å². The molecule has 0 saturated heterocycles. The van der Waals surface area contributed by atoms with Gasteiger partial charge in [0.05, 0.1) is 11.8 Å². The molecule has 1 heterocycles. The second kappa shape index (κ2) is 9.10. The first-order chi connectivity index (χ1) is 14.5. The number of nitrogens with two attached hydrogens (primary N) is 1. The van der Waals surface area contributed by atoms with Crippen LogP contribution in [0.15, 0.2) is 53.7 Å². The number of nitrogens with zero attached hydrogens (tertiary/aromatic N) is 3. The van der Waals surface area contributed by atoms with Gasteiger partial charge in [-0.15, -0.1) is 10.2 Å². The predicted octanol–water partition coefficient (Wildman–Crippen LogP) is 4.47. The number of aromatic nitrogens is 3. The van der Waals surface area contributed by atoms with E-state index in [1.807, 2.05) is 43.3 Å². The van der Waals surface area contributed by atoms with Crippen molar-refractivity contribution in [1.82, 2.24) is 14.8 Å². The molecule has 6 nitrogen and oxygen atoms in total. The first kappa shape index (κ1) is 23.4. The summed E-state index contributed by atoms with van der Waals surface area (Å²) in [4.78, 5) is 0. The first-order valence-electron chi connectivity index (χ1n) is 10.3. The summed E-state index contributed by atoms with van der Waals surface area (Å²) >= 11 is 5.94. The van der Waals surface area contributed by atoms with Gasteiger partial charge in [0, 0.05) is 11.6 Å². The molecule has 3 rings (SSSR count). The number of halogens is 1. The molecular weight excluding hydrogens is 432 g/mol. The maximum atomic E-state index is 13.1. The lowest BCUT2D eigenvalue weighted by molar-refractivity contribution is 0.545. The van der Waals surface area contributed by atoms with E-state index in [0.29, 0.717) is 29.4 Å². The first-order valence-corrected chi connectivity index (χ1v) is 12.3. The monoisotopic (exact) mass is 460 g/mol. The van der Waals surface area contributed by atoms with Crippen molar-refractivity contribution >= 4 is 21.4 Å². The number of sulfone groups is 1. The lowest BCUT2D eigenvalue weighted by Crippen LogP contribution is -2.21. The molecule has 31 heavy (non-hydrogen) atoms. The minimum atomic E-state index is -3.68. The van der Waals surface area contributed by atoms with Crippen LogP contribution in [-0.4, -0.2) is 23.2 Å². The minimum Gasteiger partial charge on any atom is -0.321 e. The third kappa shape index (κ3) is 5.53. The van der Waals surface area contributed by atoms with Crippen LogP contribution in [0.5, 0.6) is 0 Å². The van der Waals surface area contributed by atoms with Crippen molar-refractivity contribution in [2.24, 2.45) is 5.73 Å². The van der Waals surface area contributed by atoms with E-state index in [0.717, 1.165) is 11.1 Å². The summed E-state index contributed by atoms with van der Waals surface area (Å²) in [6, 6.07) is 14.6. The quantitative estimate of drug-likeness (QED) is 0.561. The van der Waals surface area contributed by atoms with E-state index < -0.39 is 15.9 Å². The average molecular weight is 461 g/mol. The molecule has 1 atom stereocenters. The summed E-state index contributed by atoms with van der Waals surface area (Å²) in [7, 11) is -3.68. The standard InChI is InChI=1S/C23H29ClN4O2S/c1-5-28-21(20(25)14-16-8-12-19(24)13-9-16)26-27-22(28)31(29,30)15-17-6-10-18(11-7-17)23(2,3)4/h6-13,20H,5,14-15,25H2,1-4H3. The van der Waals surface area contributed by atoms with Crippen LogP contribution < -0.4 is 5.73 Å². The van der Waals surface area contributed by atoms with Crippen LogP contribution in [0.1, 0.15) is 56.3 Å². The fourth-order valence-electron chi connectivity index (χ4n) is 3.45. The van der Waals surface area contributed by atoms with E-state index in [4.69, 9.17) is 17.3 Å². The summed E-state index contributed by atoms with van der Waals surface area (Å²) in [6.45, 7) is 8.64. The molecule has 8 heteroatoms. The number of rotatable bonds is 7. The van der Waals surface area contributed by atoms with Crippen LogP contribution >= 0.6 is 11.6 Å². The van der Waals surface area contributed by atoms with Crippen molar-refractivity contribution in [3.05, 3.63) is 76.1 Å². The smallest absolute Gasteiger partial charge is 0.250 e. The van der Waals surface area contributed by atoms with E-state index >= 15 is 0 Å². The number of hydrogen-bond donors (Lipinski definition) is 1. The third-order valence-electron chi connectivity index (χ3n) is 5.22. The van der Waals surface area contributed by atoms with Crippen molar-refractivity contribution in [3.63, 3.8) is 0 Å². The second-order valence-corrected chi connectivity index (χ2v) is 11.0. The molecule has 0 aliphatic carbocycles. The number of benzene rings is 2. The van der Waals surface area contributed by atoms with Gasteiger partial charge in [-0.2, -0.15) is 0 Å². The fourth-order valence-corrected chi connectivity index (χ4v) is 5.06. The lowest BCUT2D eigenvalue weighted by Gasteiger charge is -2.19. The molecule has 0 aliphatic rings. The Morgan fingerprint density at radius 1 is 1.00 bits per heavy atom. The van der Waals surface area contributed by atoms with Gasteiger partial charge in [-0.3, -0.25) is 0 Å². The predicted molar refractivity (Wildman–Crippen MR) is 124 cm³/mol.